The Morgan fingerprint density at radius 1 is 1.29 bits per heavy atom. The van der Waals surface area contributed by atoms with Gasteiger partial charge in [-0.1, -0.05) is 44.2 Å². The normalized spacial score (nSPS) is 32.1. The molecule has 0 saturated carbocycles. The number of nitrogens with zero attached hydrogens (tertiary/aromatic N) is 1. The number of hydrogen-bond acceptors (Lipinski definition) is 1. The lowest BCUT2D eigenvalue weighted by atomic mass is 9.65. The Morgan fingerprint density at radius 3 is 2.95 bits per heavy atom. The summed E-state index contributed by atoms with van der Waals surface area (Å²) < 4.78 is 0. The lowest BCUT2D eigenvalue weighted by Crippen LogP contribution is -2.54. The van der Waals surface area contributed by atoms with Gasteiger partial charge in [0, 0.05) is 36.2 Å². The van der Waals surface area contributed by atoms with E-state index >= 15 is 0 Å². The molecule has 2 aliphatic heterocycles. The molecule has 110 valence electrons. The van der Waals surface area contributed by atoms with Gasteiger partial charge in [-0.2, -0.15) is 0 Å². The third-order valence-electron chi connectivity index (χ3n) is 5.73. The van der Waals surface area contributed by atoms with Crippen molar-refractivity contribution in [2.45, 2.75) is 39.3 Å². The first kappa shape index (κ1) is 13.1. The van der Waals surface area contributed by atoms with Gasteiger partial charge in [-0.25, -0.2) is 0 Å². The first-order valence-corrected chi connectivity index (χ1v) is 8.17. The first-order valence-electron chi connectivity index (χ1n) is 8.17. The van der Waals surface area contributed by atoms with Crippen molar-refractivity contribution in [1.29, 1.82) is 0 Å². The molecular weight excluding hydrogens is 256 g/mol. The quantitative estimate of drug-likeness (QED) is 0.828. The van der Waals surface area contributed by atoms with Crippen LogP contribution in [0.5, 0.6) is 0 Å². The van der Waals surface area contributed by atoms with Crippen molar-refractivity contribution in [2.75, 3.05) is 6.54 Å². The van der Waals surface area contributed by atoms with Crippen LogP contribution in [0.25, 0.3) is 10.9 Å². The van der Waals surface area contributed by atoms with E-state index in [-0.39, 0.29) is 0 Å². The van der Waals surface area contributed by atoms with E-state index in [4.69, 9.17) is 0 Å². The maximum absolute atomic E-state index is 3.41. The standard InChI is InChI=1S/C19H24N2/c1-3-19(2)10-14-8-9-18(19)21(12-14)13-15-11-20-17-7-5-4-6-16(15)17/h4-9,11,14,18,20H,3,10,12-13H2,1-2H3. The highest BCUT2D eigenvalue weighted by atomic mass is 15.2. The Morgan fingerprint density at radius 2 is 2.14 bits per heavy atom. The van der Waals surface area contributed by atoms with Crippen molar-refractivity contribution in [3.8, 4) is 0 Å². The van der Waals surface area contributed by atoms with Gasteiger partial charge in [0.05, 0.1) is 0 Å². The maximum atomic E-state index is 3.41. The molecular formula is C19H24N2. The van der Waals surface area contributed by atoms with Crippen LogP contribution in [0.3, 0.4) is 0 Å². The molecule has 1 fully saturated rings. The molecule has 2 aromatic rings. The van der Waals surface area contributed by atoms with Gasteiger partial charge in [-0.05, 0) is 35.8 Å². The molecule has 0 spiro atoms. The monoisotopic (exact) mass is 280 g/mol. The minimum absolute atomic E-state index is 0.448. The number of H-pyrrole nitrogens is 1. The fourth-order valence-electron chi connectivity index (χ4n) is 4.38. The summed E-state index contributed by atoms with van der Waals surface area (Å²) in [5.41, 5.74) is 3.14. The second-order valence-electron chi connectivity index (χ2n) is 7.09. The average Bonchev–Trinajstić information content (AvgIpc) is 2.91. The molecule has 2 nitrogen and oxygen atoms in total. The molecule has 3 aliphatic rings. The van der Waals surface area contributed by atoms with Crippen LogP contribution in [0.15, 0.2) is 42.6 Å². The molecule has 2 bridgehead atoms. The number of nitrogens with one attached hydrogen (secondary N) is 1. The highest BCUT2D eigenvalue weighted by Crippen LogP contribution is 2.46. The molecule has 21 heavy (non-hydrogen) atoms. The minimum atomic E-state index is 0.448. The van der Waals surface area contributed by atoms with Crippen molar-refractivity contribution in [3.05, 3.63) is 48.2 Å². The van der Waals surface area contributed by atoms with Gasteiger partial charge in [0.1, 0.15) is 0 Å². The number of rotatable bonds is 3. The summed E-state index contributed by atoms with van der Waals surface area (Å²) in [6, 6.07) is 9.23. The van der Waals surface area contributed by atoms with E-state index < -0.39 is 0 Å². The molecule has 2 heteroatoms. The number of hydrogen-bond donors (Lipinski definition) is 1. The van der Waals surface area contributed by atoms with Crippen LogP contribution in [-0.4, -0.2) is 22.5 Å². The van der Waals surface area contributed by atoms with Gasteiger partial charge < -0.3 is 4.98 Å². The van der Waals surface area contributed by atoms with Crippen LogP contribution in [0.4, 0.5) is 0 Å². The molecule has 3 heterocycles. The molecule has 1 saturated heterocycles. The maximum Gasteiger partial charge on any atom is 0.0457 e. The summed E-state index contributed by atoms with van der Waals surface area (Å²) in [7, 11) is 0. The zero-order chi connectivity index (χ0) is 14.4. The Hall–Kier alpha value is -1.54. The second kappa shape index (κ2) is 4.74. The highest BCUT2D eigenvalue weighted by Gasteiger charge is 2.44. The molecule has 1 N–H and O–H groups in total. The van der Waals surface area contributed by atoms with Crippen LogP contribution in [0, 0.1) is 11.3 Å². The van der Waals surface area contributed by atoms with E-state index in [1.807, 2.05) is 0 Å². The molecule has 1 aliphatic carbocycles. The zero-order valence-corrected chi connectivity index (χ0v) is 13.0. The van der Waals surface area contributed by atoms with Crippen molar-refractivity contribution < 1.29 is 0 Å². The average molecular weight is 280 g/mol. The number of piperidine rings is 1. The fourth-order valence-corrected chi connectivity index (χ4v) is 4.38. The van der Waals surface area contributed by atoms with E-state index in [1.165, 1.54) is 35.9 Å². The van der Waals surface area contributed by atoms with E-state index in [0.29, 0.717) is 11.5 Å². The molecule has 5 rings (SSSR count). The number of aromatic nitrogens is 1. The summed E-state index contributed by atoms with van der Waals surface area (Å²) >= 11 is 0. The molecule has 3 atom stereocenters. The summed E-state index contributed by atoms with van der Waals surface area (Å²) in [4.78, 5) is 6.10. The highest BCUT2D eigenvalue weighted by molar-refractivity contribution is 5.82. The molecule has 1 aromatic carbocycles. The number of para-hydroxylation sites is 1. The van der Waals surface area contributed by atoms with Crippen LogP contribution in [-0.2, 0) is 6.54 Å². The molecule has 1 aromatic heterocycles. The third kappa shape index (κ3) is 2.04. The second-order valence-corrected chi connectivity index (χ2v) is 7.09. The van der Waals surface area contributed by atoms with E-state index in [0.717, 1.165) is 12.5 Å². The van der Waals surface area contributed by atoms with E-state index in [1.54, 1.807) is 0 Å². The topological polar surface area (TPSA) is 19.0 Å². The van der Waals surface area contributed by atoms with Crippen LogP contribution < -0.4 is 0 Å². The van der Waals surface area contributed by atoms with Crippen molar-refractivity contribution in [3.63, 3.8) is 0 Å². The van der Waals surface area contributed by atoms with Crippen molar-refractivity contribution >= 4 is 10.9 Å². The smallest absolute Gasteiger partial charge is 0.0457 e. The number of aromatic amines is 1. The van der Waals surface area contributed by atoms with Crippen LogP contribution in [0.1, 0.15) is 32.3 Å². The third-order valence-corrected chi connectivity index (χ3v) is 5.73. The minimum Gasteiger partial charge on any atom is -0.361 e. The van der Waals surface area contributed by atoms with Gasteiger partial charge in [0.2, 0.25) is 0 Å². The molecule has 0 radical (unpaired) electrons. The van der Waals surface area contributed by atoms with Gasteiger partial charge in [0.25, 0.3) is 0 Å². The Balaban J connectivity index is 1.64. The zero-order valence-electron chi connectivity index (χ0n) is 13.0. The summed E-state index contributed by atoms with van der Waals surface area (Å²) in [6.45, 7) is 7.09. The van der Waals surface area contributed by atoms with Crippen molar-refractivity contribution in [1.82, 2.24) is 9.88 Å². The lowest BCUT2D eigenvalue weighted by molar-refractivity contribution is 0.0108. The van der Waals surface area contributed by atoms with Crippen LogP contribution in [0.2, 0.25) is 0 Å². The van der Waals surface area contributed by atoms with Gasteiger partial charge in [-0.3, -0.25) is 4.90 Å². The molecule has 0 amide bonds. The van der Waals surface area contributed by atoms with E-state index in [2.05, 4.69) is 66.3 Å². The summed E-state index contributed by atoms with van der Waals surface area (Å²) in [6.07, 6.45) is 9.74. The Labute approximate surface area is 126 Å². The predicted octanol–water partition coefficient (Wildman–Crippen LogP) is 4.34. The first-order chi connectivity index (χ1) is 10.2. The van der Waals surface area contributed by atoms with E-state index in [9.17, 15) is 0 Å². The van der Waals surface area contributed by atoms with Crippen LogP contribution >= 0.6 is 0 Å². The van der Waals surface area contributed by atoms with Crippen molar-refractivity contribution in [2.24, 2.45) is 11.3 Å². The van der Waals surface area contributed by atoms with Gasteiger partial charge in [-0.15, -0.1) is 0 Å². The fraction of sp³-hybridized carbons (Fsp3) is 0.474. The summed E-state index contributed by atoms with van der Waals surface area (Å²) in [5, 5.41) is 1.38. The van der Waals surface area contributed by atoms with Gasteiger partial charge in [0.15, 0.2) is 0 Å². The number of benzene rings is 1. The lowest BCUT2D eigenvalue weighted by Gasteiger charge is -2.52. The summed E-state index contributed by atoms with van der Waals surface area (Å²) in [5.74, 6) is 0.741. The largest absolute Gasteiger partial charge is 0.361 e. The SMILES string of the molecule is CCC1(C)CC2C=CC1N(Cc1c[nH]c3ccccc13)C2. The van der Waals surface area contributed by atoms with Gasteiger partial charge >= 0.3 is 0 Å². The number of fused-ring (bicyclic) bond motifs is 3. The Kier molecular flexibility index (Phi) is 2.97. The Bertz CT molecular complexity index is 684. The molecule has 3 unspecified atom stereocenters. The predicted molar refractivity (Wildman–Crippen MR) is 88.1 cm³/mol.